The van der Waals surface area contributed by atoms with Gasteiger partial charge in [0.15, 0.2) is 0 Å². The lowest BCUT2D eigenvalue weighted by Gasteiger charge is -2.12. The average molecular weight is 244 g/mol. The largest absolute Gasteiger partial charge is 0.464 e. The Balaban J connectivity index is 1.84. The smallest absolute Gasteiger partial charge is 0.258 e. The maximum atomic E-state index is 12.1. The molecule has 0 aliphatic carbocycles. The van der Waals surface area contributed by atoms with Gasteiger partial charge >= 0.3 is 0 Å². The molecule has 6 heteroatoms. The van der Waals surface area contributed by atoms with Crippen LogP contribution >= 0.6 is 0 Å². The number of anilines is 1. The molecule has 2 N–H and O–H groups in total. The van der Waals surface area contributed by atoms with Crippen LogP contribution in [0.5, 0.6) is 0 Å². The first-order chi connectivity index (χ1) is 8.63. The number of fused-ring (bicyclic) bond motifs is 1. The molecule has 0 radical (unpaired) electrons. The SMILES string of the molecule is Cc1ccc(CN2Cc3nc(N)ncc3C2=O)o1. The molecule has 0 bridgehead atoms. The van der Waals surface area contributed by atoms with Crippen LogP contribution in [0.25, 0.3) is 0 Å². The van der Waals surface area contributed by atoms with Crippen LogP contribution in [0, 0.1) is 6.92 Å². The van der Waals surface area contributed by atoms with Gasteiger partial charge in [-0.25, -0.2) is 9.97 Å². The van der Waals surface area contributed by atoms with Crippen LogP contribution in [0.2, 0.25) is 0 Å². The van der Waals surface area contributed by atoms with Crippen molar-refractivity contribution in [3.8, 4) is 0 Å². The van der Waals surface area contributed by atoms with Crippen molar-refractivity contribution in [1.82, 2.24) is 14.9 Å². The molecule has 0 atom stereocenters. The zero-order chi connectivity index (χ0) is 12.7. The molecule has 0 spiro atoms. The molecule has 1 aliphatic rings. The monoisotopic (exact) mass is 244 g/mol. The van der Waals surface area contributed by atoms with Crippen LogP contribution in [-0.4, -0.2) is 20.8 Å². The number of nitrogen functional groups attached to an aromatic ring is 1. The molecule has 6 nitrogen and oxygen atoms in total. The van der Waals surface area contributed by atoms with Crippen molar-refractivity contribution >= 4 is 11.9 Å². The first-order valence-electron chi connectivity index (χ1n) is 5.59. The van der Waals surface area contributed by atoms with Gasteiger partial charge in [0.1, 0.15) is 11.5 Å². The van der Waals surface area contributed by atoms with Crippen LogP contribution in [0.1, 0.15) is 27.6 Å². The van der Waals surface area contributed by atoms with Crippen molar-refractivity contribution in [2.75, 3.05) is 5.73 Å². The minimum Gasteiger partial charge on any atom is -0.464 e. The Morgan fingerprint density at radius 3 is 3.06 bits per heavy atom. The number of hydrogen-bond donors (Lipinski definition) is 1. The summed E-state index contributed by atoms with van der Waals surface area (Å²) in [7, 11) is 0. The first-order valence-corrected chi connectivity index (χ1v) is 5.59. The highest BCUT2D eigenvalue weighted by Crippen LogP contribution is 2.23. The van der Waals surface area contributed by atoms with Gasteiger partial charge in [0, 0.05) is 6.20 Å². The number of hydrogen-bond acceptors (Lipinski definition) is 5. The Morgan fingerprint density at radius 2 is 2.33 bits per heavy atom. The molecule has 2 aromatic rings. The van der Waals surface area contributed by atoms with Crippen molar-refractivity contribution in [1.29, 1.82) is 0 Å². The maximum Gasteiger partial charge on any atom is 0.258 e. The van der Waals surface area contributed by atoms with Gasteiger partial charge in [0.25, 0.3) is 5.91 Å². The van der Waals surface area contributed by atoms with Crippen LogP contribution < -0.4 is 5.73 Å². The lowest BCUT2D eigenvalue weighted by atomic mass is 10.3. The molecule has 1 amide bonds. The normalized spacial score (nSPS) is 14.1. The standard InChI is InChI=1S/C12H12N4O2/c1-7-2-3-8(18-7)5-16-6-10-9(11(16)17)4-14-12(13)15-10/h2-4H,5-6H2,1H3,(H2,13,14,15). The van der Waals surface area contributed by atoms with Crippen molar-refractivity contribution in [2.24, 2.45) is 0 Å². The Labute approximate surface area is 103 Å². The van der Waals surface area contributed by atoms with Gasteiger partial charge < -0.3 is 15.1 Å². The van der Waals surface area contributed by atoms with E-state index in [2.05, 4.69) is 9.97 Å². The summed E-state index contributed by atoms with van der Waals surface area (Å²) >= 11 is 0. The highest BCUT2D eigenvalue weighted by atomic mass is 16.3. The molecule has 0 unspecified atom stereocenters. The molecule has 1 aliphatic heterocycles. The van der Waals surface area contributed by atoms with Gasteiger partial charge in [-0.2, -0.15) is 0 Å². The van der Waals surface area contributed by atoms with E-state index in [4.69, 9.17) is 10.2 Å². The summed E-state index contributed by atoms with van der Waals surface area (Å²) in [5.74, 6) is 1.70. The minimum absolute atomic E-state index is 0.0842. The highest BCUT2D eigenvalue weighted by Gasteiger charge is 2.29. The number of nitrogens with two attached hydrogens (primary N) is 1. The Hall–Kier alpha value is -2.37. The van der Waals surface area contributed by atoms with E-state index in [1.807, 2.05) is 19.1 Å². The summed E-state index contributed by atoms with van der Waals surface area (Å²) in [5, 5.41) is 0. The van der Waals surface area contributed by atoms with Gasteiger partial charge in [-0.3, -0.25) is 4.79 Å². The summed E-state index contributed by atoms with van der Waals surface area (Å²) < 4.78 is 5.46. The lowest BCUT2D eigenvalue weighted by Crippen LogP contribution is -2.22. The number of aromatic nitrogens is 2. The second kappa shape index (κ2) is 3.83. The fraction of sp³-hybridized carbons (Fsp3) is 0.250. The molecule has 3 rings (SSSR count). The van der Waals surface area contributed by atoms with Crippen LogP contribution in [0.15, 0.2) is 22.7 Å². The van der Waals surface area contributed by atoms with Crippen LogP contribution in [0.4, 0.5) is 5.95 Å². The predicted molar refractivity (Wildman–Crippen MR) is 63.5 cm³/mol. The van der Waals surface area contributed by atoms with Gasteiger partial charge in [-0.15, -0.1) is 0 Å². The zero-order valence-corrected chi connectivity index (χ0v) is 9.88. The molecule has 0 saturated heterocycles. The molecule has 92 valence electrons. The second-order valence-corrected chi connectivity index (χ2v) is 4.26. The fourth-order valence-electron chi connectivity index (χ4n) is 2.04. The molecule has 3 heterocycles. The third-order valence-electron chi connectivity index (χ3n) is 2.89. The van der Waals surface area contributed by atoms with Crippen LogP contribution in [-0.2, 0) is 13.1 Å². The number of furan rings is 1. The van der Waals surface area contributed by atoms with E-state index in [1.54, 1.807) is 4.90 Å². The highest BCUT2D eigenvalue weighted by molar-refractivity contribution is 5.97. The molecule has 2 aromatic heterocycles. The molecule has 0 fully saturated rings. The number of rotatable bonds is 2. The zero-order valence-electron chi connectivity index (χ0n) is 9.88. The topological polar surface area (TPSA) is 85.3 Å². The fourth-order valence-corrected chi connectivity index (χ4v) is 2.04. The van der Waals surface area contributed by atoms with E-state index in [9.17, 15) is 4.79 Å². The summed E-state index contributed by atoms with van der Waals surface area (Å²) in [6.07, 6.45) is 1.48. The van der Waals surface area contributed by atoms with Crippen molar-refractivity contribution < 1.29 is 9.21 Å². The van der Waals surface area contributed by atoms with Gasteiger partial charge in [-0.1, -0.05) is 0 Å². The van der Waals surface area contributed by atoms with E-state index in [0.29, 0.717) is 24.3 Å². The van der Waals surface area contributed by atoms with E-state index in [0.717, 1.165) is 11.5 Å². The number of aryl methyl sites for hydroxylation is 1. The number of carbonyl (C=O) groups is 1. The van der Waals surface area contributed by atoms with E-state index >= 15 is 0 Å². The quantitative estimate of drug-likeness (QED) is 0.855. The van der Waals surface area contributed by atoms with Gasteiger partial charge in [-0.05, 0) is 19.1 Å². The van der Waals surface area contributed by atoms with Crippen LogP contribution in [0.3, 0.4) is 0 Å². The maximum absolute atomic E-state index is 12.1. The van der Waals surface area contributed by atoms with E-state index in [1.165, 1.54) is 6.20 Å². The Kier molecular flexibility index (Phi) is 2.29. The number of carbonyl (C=O) groups excluding carboxylic acids is 1. The van der Waals surface area contributed by atoms with Gasteiger partial charge in [0.2, 0.25) is 5.95 Å². The summed E-state index contributed by atoms with van der Waals surface area (Å²) in [6, 6.07) is 3.74. The summed E-state index contributed by atoms with van der Waals surface area (Å²) in [4.78, 5) is 21.7. The van der Waals surface area contributed by atoms with Crippen molar-refractivity contribution in [2.45, 2.75) is 20.0 Å². The molecule has 0 saturated carbocycles. The minimum atomic E-state index is -0.0842. The van der Waals surface area contributed by atoms with Crippen molar-refractivity contribution in [3.05, 3.63) is 41.1 Å². The molecule has 0 aromatic carbocycles. The molecule has 18 heavy (non-hydrogen) atoms. The third-order valence-corrected chi connectivity index (χ3v) is 2.89. The van der Waals surface area contributed by atoms with E-state index in [-0.39, 0.29) is 11.9 Å². The Bertz CT molecular complexity index is 618. The Morgan fingerprint density at radius 1 is 1.50 bits per heavy atom. The number of amides is 1. The first kappa shape index (κ1) is 10.8. The van der Waals surface area contributed by atoms with E-state index < -0.39 is 0 Å². The third kappa shape index (κ3) is 1.71. The van der Waals surface area contributed by atoms with Crippen molar-refractivity contribution in [3.63, 3.8) is 0 Å². The molecular weight excluding hydrogens is 232 g/mol. The lowest BCUT2D eigenvalue weighted by molar-refractivity contribution is 0.0754. The molecular formula is C12H12N4O2. The summed E-state index contributed by atoms with van der Waals surface area (Å²) in [6.45, 7) is 2.75. The predicted octanol–water partition coefficient (Wildman–Crippen LogP) is 1.12. The van der Waals surface area contributed by atoms with Gasteiger partial charge in [0.05, 0.1) is 24.3 Å². The summed E-state index contributed by atoms with van der Waals surface area (Å²) in [5.41, 5.74) is 6.70. The second-order valence-electron chi connectivity index (χ2n) is 4.26. The number of nitrogens with zero attached hydrogens (tertiary/aromatic N) is 3. The average Bonchev–Trinajstić information content (AvgIpc) is 2.85.